The predicted molar refractivity (Wildman–Crippen MR) is 65.0 cm³/mol. The third-order valence-corrected chi connectivity index (χ3v) is 2.70. The molecule has 0 radical (unpaired) electrons. The molecule has 1 aromatic carbocycles. The van der Waals surface area contributed by atoms with Gasteiger partial charge in [0, 0.05) is 12.5 Å². The van der Waals surface area contributed by atoms with Crippen molar-refractivity contribution in [2.24, 2.45) is 0 Å². The highest BCUT2D eigenvalue weighted by molar-refractivity contribution is 5.82. The van der Waals surface area contributed by atoms with Gasteiger partial charge < -0.3 is 9.47 Å². The van der Waals surface area contributed by atoms with Crippen LogP contribution in [0, 0.1) is 0 Å². The van der Waals surface area contributed by atoms with E-state index in [1.54, 1.807) is 0 Å². The molecule has 0 amide bonds. The number of aryl methyl sites for hydroxylation is 1. The lowest BCUT2D eigenvalue weighted by Crippen LogP contribution is -2.26. The fourth-order valence-corrected chi connectivity index (χ4v) is 1.68. The molecule has 0 fully saturated rings. The van der Waals surface area contributed by atoms with Crippen LogP contribution < -0.4 is 4.74 Å². The van der Waals surface area contributed by atoms with Crippen LogP contribution in [0.15, 0.2) is 36.4 Å². The van der Waals surface area contributed by atoms with Crippen molar-refractivity contribution >= 4 is 5.97 Å². The van der Waals surface area contributed by atoms with Crippen molar-refractivity contribution < 1.29 is 14.3 Å². The summed E-state index contributed by atoms with van der Waals surface area (Å²) in [4.78, 5) is 11.0. The Morgan fingerprint density at radius 1 is 1.35 bits per heavy atom. The highest BCUT2D eigenvalue weighted by atomic mass is 16.6. The van der Waals surface area contributed by atoms with Gasteiger partial charge in [-0.3, -0.25) is 0 Å². The van der Waals surface area contributed by atoms with Crippen LogP contribution in [0.1, 0.15) is 18.9 Å². The van der Waals surface area contributed by atoms with Crippen LogP contribution in [0.2, 0.25) is 0 Å². The summed E-state index contributed by atoms with van der Waals surface area (Å²) in [7, 11) is 0. The van der Waals surface area contributed by atoms with Crippen molar-refractivity contribution in [2.75, 3.05) is 6.61 Å². The van der Waals surface area contributed by atoms with E-state index < -0.39 is 0 Å². The van der Waals surface area contributed by atoms with Gasteiger partial charge in [-0.1, -0.05) is 25.1 Å². The number of hydrogen-bond acceptors (Lipinski definition) is 3. The molecule has 1 aliphatic heterocycles. The van der Waals surface area contributed by atoms with Crippen molar-refractivity contribution in [2.45, 2.75) is 25.9 Å². The van der Waals surface area contributed by atoms with E-state index >= 15 is 0 Å². The lowest BCUT2D eigenvalue weighted by atomic mass is 10.2. The van der Waals surface area contributed by atoms with Crippen molar-refractivity contribution in [1.29, 1.82) is 0 Å². The second kappa shape index (κ2) is 5.53. The van der Waals surface area contributed by atoms with Crippen LogP contribution in [0.25, 0.3) is 0 Å². The molecule has 0 N–H and O–H groups in total. The van der Waals surface area contributed by atoms with Crippen LogP contribution in [-0.4, -0.2) is 18.7 Å². The van der Waals surface area contributed by atoms with E-state index in [4.69, 9.17) is 9.47 Å². The maximum Gasteiger partial charge on any atom is 0.330 e. The van der Waals surface area contributed by atoms with Gasteiger partial charge in [-0.25, -0.2) is 4.79 Å². The van der Waals surface area contributed by atoms with Gasteiger partial charge in [0.2, 0.25) is 0 Å². The topological polar surface area (TPSA) is 35.5 Å². The van der Waals surface area contributed by atoms with Gasteiger partial charge >= 0.3 is 5.97 Å². The maximum atomic E-state index is 11.0. The summed E-state index contributed by atoms with van der Waals surface area (Å²) in [6.45, 7) is 2.52. The zero-order chi connectivity index (χ0) is 12.1. The van der Waals surface area contributed by atoms with Crippen molar-refractivity contribution in [3.05, 3.63) is 42.0 Å². The fraction of sp³-hybridized carbons (Fsp3) is 0.357. The van der Waals surface area contributed by atoms with Crippen LogP contribution in [0.4, 0.5) is 0 Å². The molecule has 0 bridgehead atoms. The van der Waals surface area contributed by atoms with Crippen molar-refractivity contribution in [3.8, 4) is 5.75 Å². The molecule has 3 heteroatoms. The van der Waals surface area contributed by atoms with Crippen LogP contribution in [0.5, 0.6) is 5.75 Å². The molecule has 3 nitrogen and oxygen atoms in total. The maximum absolute atomic E-state index is 11.0. The molecule has 0 aromatic heterocycles. The minimum Gasteiger partial charge on any atom is -0.490 e. The summed E-state index contributed by atoms with van der Waals surface area (Å²) < 4.78 is 10.7. The molecule has 0 unspecified atom stereocenters. The van der Waals surface area contributed by atoms with Crippen molar-refractivity contribution in [1.82, 2.24) is 0 Å². The van der Waals surface area contributed by atoms with E-state index in [1.165, 1.54) is 11.6 Å². The normalized spacial score (nSPS) is 18.9. The first kappa shape index (κ1) is 11.7. The molecule has 0 spiro atoms. The average molecular weight is 232 g/mol. The average Bonchev–Trinajstić information content (AvgIpc) is 2.37. The molecule has 0 saturated heterocycles. The van der Waals surface area contributed by atoms with Gasteiger partial charge in [0.05, 0.1) is 0 Å². The Morgan fingerprint density at radius 3 is 2.76 bits per heavy atom. The number of rotatable bonds is 4. The van der Waals surface area contributed by atoms with E-state index in [-0.39, 0.29) is 12.1 Å². The molecule has 0 aliphatic carbocycles. The molecule has 2 rings (SSSR count). The largest absolute Gasteiger partial charge is 0.490 e. The third-order valence-electron chi connectivity index (χ3n) is 2.70. The van der Waals surface area contributed by atoms with Crippen LogP contribution in [0.3, 0.4) is 0 Å². The molecular formula is C14H16O3. The number of carbonyl (C=O) groups excluding carboxylic acids is 1. The number of ether oxygens (including phenoxy) is 2. The molecule has 0 saturated carbocycles. The molecule has 1 aliphatic rings. The number of esters is 1. The van der Waals surface area contributed by atoms with E-state index in [0.29, 0.717) is 6.61 Å². The van der Waals surface area contributed by atoms with Gasteiger partial charge in [-0.15, -0.1) is 0 Å². The second-order valence-electron chi connectivity index (χ2n) is 4.01. The van der Waals surface area contributed by atoms with E-state index in [9.17, 15) is 4.79 Å². The Morgan fingerprint density at radius 2 is 2.12 bits per heavy atom. The Hall–Kier alpha value is -1.77. The van der Waals surface area contributed by atoms with Crippen LogP contribution in [-0.2, 0) is 16.0 Å². The number of carbonyl (C=O) groups is 1. The summed E-state index contributed by atoms with van der Waals surface area (Å²) >= 11 is 0. The number of cyclic esters (lactones) is 1. The summed E-state index contributed by atoms with van der Waals surface area (Å²) in [6, 6.07) is 7.98. The molecule has 1 atom stereocenters. The quantitative estimate of drug-likeness (QED) is 0.748. The minimum absolute atomic E-state index is 0.168. The number of hydrogen-bond donors (Lipinski definition) is 0. The predicted octanol–water partition coefficient (Wildman–Crippen LogP) is 2.50. The highest BCUT2D eigenvalue weighted by Gasteiger charge is 2.16. The molecule has 17 heavy (non-hydrogen) atoms. The van der Waals surface area contributed by atoms with Gasteiger partial charge in [0.25, 0.3) is 0 Å². The standard InChI is InChI=1S/C14H16O3/c1-2-11-6-8-12(9-7-11)16-10-13-4-3-5-14(15)17-13/h3,5-9,13H,2,4,10H2,1H3/t13-/m1/s1. The lowest BCUT2D eigenvalue weighted by molar-refractivity contribution is -0.145. The third kappa shape index (κ3) is 3.34. The molecule has 1 heterocycles. The second-order valence-corrected chi connectivity index (χ2v) is 4.01. The Kier molecular flexibility index (Phi) is 3.81. The van der Waals surface area contributed by atoms with E-state index in [0.717, 1.165) is 18.6 Å². The number of benzene rings is 1. The SMILES string of the molecule is CCc1ccc(OC[C@H]2CC=CC(=O)O2)cc1. The summed E-state index contributed by atoms with van der Waals surface area (Å²) in [6.07, 6.45) is 4.84. The first-order valence-electron chi connectivity index (χ1n) is 5.87. The lowest BCUT2D eigenvalue weighted by Gasteiger charge is -2.19. The van der Waals surface area contributed by atoms with Gasteiger partial charge in [-0.2, -0.15) is 0 Å². The highest BCUT2D eigenvalue weighted by Crippen LogP contribution is 2.15. The zero-order valence-corrected chi connectivity index (χ0v) is 9.89. The summed E-state index contributed by atoms with van der Waals surface area (Å²) in [5.41, 5.74) is 1.28. The fourth-order valence-electron chi connectivity index (χ4n) is 1.68. The smallest absolute Gasteiger partial charge is 0.330 e. The van der Waals surface area contributed by atoms with Crippen molar-refractivity contribution in [3.63, 3.8) is 0 Å². The first-order chi connectivity index (χ1) is 8.28. The Balaban J connectivity index is 1.85. The van der Waals surface area contributed by atoms with Gasteiger partial charge in [0.1, 0.15) is 18.5 Å². The summed E-state index contributed by atoms with van der Waals surface area (Å²) in [5, 5.41) is 0. The first-order valence-corrected chi connectivity index (χ1v) is 5.87. The summed E-state index contributed by atoms with van der Waals surface area (Å²) in [5.74, 6) is 0.527. The zero-order valence-electron chi connectivity index (χ0n) is 9.89. The Bertz CT molecular complexity index is 406. The van der Waals surface area contributed by atoms with Crippen LogP contribution >= 0.6 is 0 Å². The Labute approximate surface area is 101 Å². The minimum atomic E-state index is -0.286. The van der Waals surface area contributed by atoms with E-state index in [1.807, 2.05) is 30.3 Å². The van der Waals surface area contributed by atoms with Gasteiger partial charge in [0.15, 0.2) is 0 Å². The molecule has 90 valence electrons. The van der Waals surface area contributed by atoms with E-state index in [2.05, 4.69) is 6.92 Å². The van der Waals surface area contributed by atoms with Gasteiger partial charge in [-0.05, 0) is 24.1 Å². The molecule has 1 aromatic rings. The molecular weight excluding hydrogens is 216 g/mol. The monoisotopic (exact) mass is 232 g/mol.